The predicted molar refractivity (Wildman–Crippen MR) is 99.2 cm³/mol. The van der Waals surface area contributed by atoms with Gasteiger partial charge in [-0.05, 0) is 18.6 Å². The van der Waals surface area contributed by atoms with Gasteiger partial charge < -0.3 is 10.3 Å². The summed E-state index contributed by atoms with van der Waals surface area (Å²) < 4.78 is 26.7. The molecule has 1 aromatic carbocycles. The summed E-state index contributed by atoms with van der Waals surface area (Å²) >= 11 is 1.75. The summed E-state index contributed by atoms with van der Waals surface area (Å²) in [5.41, 5.74) is 1.23. The maximum absolute atomic E-state index is 12.6. The molecule has 2 aromatic rings. The summed E-state index contributed by atoms with van der Waals surface area (Å²) in [4.78, 5) is 15.3. The van der Waals surface area contributed by atoms with Gasteiger partial charge in [0.2, 0.25) is 10.0 Å². The van der Waals surface area contributed by atoms with E-state index in [-0.39, 0.29) is 22.5 Å². The molecule has 1 fully saturated rings. The summed E-state index contributed by atoms with van der Waals surface area (Å²) in [6.45, 7) is 2.90. The second-order valence-corrected chi connectivity index (χ2v) is 9.03. The number of carbonyl (C=O) groups excluding carboxylic acids is 1. The Labute approximate surface area is 152 Å². The van der Waals surface area contributed by atoms with Crippen LogP contribution in [-0.2, 0) is 10.0 Å². The van der Waals surface area contributed by atoms with Crippen molar-refractivity contribution in [1.82, 2.24) is 14.6 Å². The number of sulfonamides is 1. The minimum atomic E-state index is -3.55. The highest BCUT2D eigenvalue weighted by atomic mass is 32.2. The van der Waals surface area contributed by atoms with Gasteiger partial charge in [-0.25, -0.2) is 8.42 Å². The summed E-state index contributed by atoms with van der Waals surface area (Å²) in [5, 5.41) is 2.87. The van der Waals surface area contributed by atoms with Crippen LogP contribution in [0.25, 0.3) is 0 Å². The first-order valence-corrected chi connectivity index (χ1v) is 10.7. The van der Waals surface area contributed by atoms with Crippen LogP contribution in [0.4, 0.5) is 0 Å². The van der Waals surface area contributed by atoms with E-state index >= 15 is 0 Å². The van der Waals surface area contributed by atoms with Crippen molar-refractivity contribution in [1.29, 1.82) is 0 Å². The molecule has 0 spiro atoms. The van der Waals surface area contributed by atoms with Crippen LogP contribution in [0, 0.1) is 0 Å². The number of H-pyrrole nitrogens is 1. The molecule has 0 bridgehead atoms. The number of carbonyl (C=O) groups is 1. The third-order valence-electron chi connectivity index (χ3n) is 4.16. The quantitative estimate of drug-likeness (QED) is 0.835. The van der Waals surface area contributed by atoms with Crippen molar-refractivity contribution < 1.29 is 13.2 Å². The summed E-state index contributed by atoms with van der Waals surface area (Å²) in [6, 6.07) is 10.8. The SMILES string of the molecule is C[C@@H](NC(=O)c1cc(S(=O)(=O)N2CCSCC2)c[nH]1)c1ccccc1. The zero-order chi connectivity index (χ0) is 17.9. The minimum absolute atomic E-state index is 0.136. The van der Waals surface area contributed by atoms with Crippen molar-refractivity contribution in [3.05, 3.63) is 53.9 Å². The molecule has 0 aliphatic carbocycles. The Balaban J connectivity index is 1.71. The Bertz CT molecular complexity index is 828. The first-order valence-electron chi connectivity index (χ1n) is 8.10. The number of aromatic amines is 1. The molecule has 25 heavy (non-hydrogen) atoms. The highest BCUT2D eigenvalue weighted by Crippen LogP contribution is 2.21. The van der Waals surface area contributed by atoms with Crippen molar-refractivity contribution in [3.8, 4) is 0 Å². The Morgan fingerprint density at radius 1 is 1.24 bits per heavy atom. The standard InChI is InChI=1S/C17H21N3O3S2/c1-13(14-5-3-2-4-6-14)19-17(21)16-11-15(12-18-16)25(22,23)20-7-9-24-10-8-20/h2-6,11-13,18H,7-10H2,1H3,(H,19,21)/t13-/m1/s1. The van der Waals surface area contributed by atoms with Crippen LogP contribution in [0.15, 0.2) is 47.5 Å². The average Bonchev–Trinajstić information content (AvgIpc) is 3.14. The van der Waals surface area contributed by atoms with Crippen molar-refractivity contribution in [2.45, 2.75) is 17.9 Å². The number of aromatic nitrogens is 1. The van der Waals surface area contributed by atoms with Gasteiger partial charge in [0.25, 0.3) is 5.91 Å². The van der Waals surface area contributed by atoms with Crippen molar-refractivity contribution >= 4 is 27.7 Å². The average molecular weight is 380 g/mol. The van der Waals surface area contributed by atoms with Crippen molar-refractivity contribution in [2.24, 2.45) is 0 Å². The van der Waals surface area contributed by atoms with Crippen LogP contribution >= 0.6 is 11.8 Å². The molecule has 1 atom stereocenters. The molecule has 2 N–H and O–H groups in total. The minimum Gasteiger partial charge on any atom is -0.356 e. The number of hydrogen-bond donors (Lipinski definition) is 2. The lowest BCUT2D eigenvalue weighted by molar-refractivity contribution is 0.0935. The van der Waals surface area contributed by atoms with Crippen molar-refractivity contribution in [3.63, 3.8) is 0 Å². The molecule has 1 saturated heterocycles. The molecule has 2 heterocycles. The molecule has 1 aliphatic rings. The lowest BCUT2D eigenvalue weighted by Crippen LogP contribution is -2.37. The lowest BCUT2D eigenvalue weighted by atomic mass is 10.1. The molecular formula is C17H21N3O3S2. The van der Waals surface area contributed by atoms with Gasteiger partial charge in [-0.15, -0.1) is 0 Å². The monoisotopic (exact) mass is 379 g/mol. The van der Waals surface area contributed by atoms with Gasteiger partial charge in [0.15, 0.2) is 0 Å². The molecule has 1 aliphatic heterocycles. The largest absolute Gasteiger partial charge is 0.356 e. The molecule has 0 unspecified atom stereocenters. The van der Waals surface area contributed by atoms with Gasteiger partial charge in [-0.3, -0.25) is 4.79 Å². The topological polar surface area (TPSA) is 82.3 Å². The zero-order valence-corrected chi connectivity index (χ0v) is 15.6. The highest BCUT2D eigenvalue weighted by Gasteiger charge is 2.28. The molecular weight excluding hydrogens is 358 g/mol. The van der Waals surface area contributed by atoms with E-state index in [0.29, 0.717) is 13.1 Å². The summed E-state index contributed by atoms with van der Waals surface area (Å²) in [7, 11) is -3.55. The molecule has 0 radical (unpaired) electrons. The van der Waals surface area contributed by atoms with E-state index in [1.54, 1.807) is 11.8 Å². The van der Waals surface area contributed by atoms with E-state index in [9.17, 15) is 13.2 Å². The lowest BCUT2D eigenvalue weighted by Gasteiger charge is -2.24. The number of benzene rings is 1. The first kappa shape index (κ1) is 18.0. The summed E-state index contributed by atoms with van der Waals surface area (Å²) in [5.74, 6) is 1.27. The number of nitrogens with one attached hydrogen (secondary N) is 2. The fourth-order valence-electron chi connectivity index (χ4n) is 2.69. The zero-order valence-electron chi connectivity index (χ0n) is 13.9. The maximum Gasteiger partial charge on any atom is 0.268 e. The third kappa shape index (κ3) is 4.08. The van der Waals surface area contributed by atoms with Gasteiger partial charge in [0.05, 0.1) is 6.04 Å². The van der Waals surface area contributed by atoms with E-state index in [1.165, 1.54) is 16.6 Å². The van der Waals surface area contributed by atoms with E-state index in [1.807, 2.05) is 37.3 Å². The van der Waals surface area contributed by atoms with Gasteiger partial charge >= 0.3 is 0 Å². The van der Waals surface area contributed by atoms with E-state index in [0.717, 1.165) is 17.1 Å². The smallest absolute Gasteiger partial charge is 0.268 e. The van der Waals surface area contributed by atoms with Crippen LogP contribution in [0.2, 0.25) is 0 Å². The van der Waals surface area contributed by atoms with E-state index in [2.05, 4.69) is 10.3 Å². The molecule has 0 saturated carbocycles. The van der Waals surface area contributed by atoms with E-state index in [4.69, 9.17) is 0 Å². The van der Waals surface area contributed by atoms with Crippen LogP contribution in [-0.4, -0.2) is 48.2 Å². The maximum atomic E-state index is 12.6. The number of nitrogens with zero attached hydrogens (tertiary/aromatic N) is 1. The Hall–Kier alpha value is -1.77. The molecule has 134 valence electrons. The molecule has 1 aromatic heterocycles. The van der Waals surface area contributed by atoms with Crippen LogP contribution in [0.3, 0.4) is 0 Å². The Morgan fingerprint density at radius 3 is 2.60 bits per heavy atom. The van der Waals surface area contributed by atoms with Gasteiger partial charge in [-0.2, -0.15) is 16.1 Å². The van der Waals surface area contributed by atoms with E-state index < -0.39 is 10.0 Å². The fraction of sp³-hybridized carbons (Fsp3) is 0.353. The number of hydrogen-bond acceptors (Lipinski definition) is 4. The van der Waals surface area contributed by atoms with Gasteiger partial charge in [0, 0.05) is 30.8 Å². The molecule has 8 heteroatoms. The first-order chi connectivity index (χ1) is 12.0. The molecule has 1 amide bonds. The van der Waals surface area contributed by atoms with Crippen LogP contribution < -0.4 is 5.32 Å². The normalized spacial score (nSPS) is 17.2. The van der Waals surface area contributed by atoms with Gasteiger partial charge in [0.1, 0.15) is 10.6 Å². The van der Waals surface area contributed by atoms with Gasteiger partial charge in [-0.1, -0.05) is 30.3 Å². The van der Waals surface area contributed by atoms with Crippen molar-refractivity contribution in [2.75, 3.05) is 24.6 Å². The number of rotatable bonds is 5. The predicted octanol–water partition coefficient (Wildman–Crippen LogP) is 2.24. The third-order valence-corrected chi connectivity index (χ3v) is 6.98. The van der Waals surface area contributed by atoms with Crippen LogP contribution in [0.1, 0.15) is 29.0 Å². The number of amides is 1. The Morgan fingerprint density at radius 2 is 1.92 bits per heavy atom. The Kier molecular flexibility index (Phi) is 5.51. The molecule has 6 nitrogen and oxygen atoms in total. The van der Waals surface area contributed by atoms with Crippen LogP contribution in [0.5, 0.6) is 0 Å². The fourth-order valence-corrected chi connectivity index (χ4v) is 5.26. The number of thioether (sulfide) groups is 1. The highest BCUT2D eigenvalue weighted by molar-refractivity contribution is 7.99. The second kappa shape index (κ2) is 7.63. The molecule has 3 rings (SSSR count). The summed E-state index contributed by atoms with van der Waals surface area (Å²) in [6.07, 6.45) is 1.39. The second-order valence-electron chi connectivity index (χ2n) is 5.87.